The van der Waals surface area contributed by atoms with E-state index in [1.807, 2.05) is 18.2 Å². The summed E-state index contributed by atoms with van der Waals surface area (Å²) in [6.07, 6.45) is 7.41. The van der Waals surface area contributed by atoms with E-state index in [9.17, 15) is 4.79 Å². The highest BCUT2D eigenvalue weighted by molar-refractivity contribution is 5.85. The van der Waals surface area contributed by atoms with E-state index in [-0.39, 0.29) is 6.09 Å². The first-order valence-electron chi connectivity index (χ1n) is 12.4. The van der Waals surface area contributed by atoms with Crippen molar-refractivity contribution in [1.29, 1.82) is 0 Å². The van der Waals surface area contributed by atoms with Gasteiger partial charge in [-0.3, -0.25) is 4.90 Å². The number of piperazine rings is 1. The number of nitrogens with one attached hydrogen (secondary N) is 1. The van der Waals surface area contributed by atoms with Gasteiger partial charge in [0.05, 0.1) is 0 Å². The van der Waals surface area contributed by atoms with E-state index in [0.717, 1.165) is 82.4 Å². The number of nitrogens with zero attached hydrogens (tertiary/aromatic N) is 3. The molecule has 174 valence electrons. The first-order valence-corrected chi connectivity index (χ1v) is 12.4. The molecule has 0 unspecified atom stereocenters. The third-order valence-corrected chi connectivity index (χ3v) is 6.97. The quantitative estimate of drug-likeness (QED) is 0.524. The zero-order valence-corrected chi connectivity index (χ0v) is 19.3. The minimum absolute atomic E-state index is 0.226. The average molecular weight is 447 g/mol. The van der Waals surface area contributed by atoms with Crippen molar-refractivity contribution in [3.63, 3.8) is 0 Å². The Hall–Kier alpha value is -2.99. The fourth-order valence-corrected chi connectivity index (χ4v) is 5.01. The molecule has 1 N–H and O–H groups in total. The van der Waals surface area contributed by atoms with Gasteiger partial charge in [0.15, 0.2) is 0 Å². The number of H-pyrrole nitrogens is 1. The number of amides is 1. The average Bonchev–Trinajstić information content (AvgIpc) is 3.53. The van der Waals surface area contributed by atoms with Crippen LogP contribution in [0.25, 0.3) is 10.9 Å². The number of rotatable bonds is 7. The Balaban J connectivity index is 1.09. The highest BCUT2D eigenvalue weighted by Crippen LogP contribution is 2.26. The number of likely N-dealkylation sites (tertiary alicyclic amines) is 1. The van der Waals surface area contributed by atoms with Gasteiger partial charge in [-0.2, -0.15) is 0 Å². The Bertz CT molecular complexity index is 1050. The van der Waals surface area contributed by atoms with Gasteiger partial charge in [-0.1, -0.05) is 18.2 Å². The van der Waals surface area contributed by atoms with Gasteiger partial charge in [-0.05, 0) is 74.5 Å². The number of carbonyl (C=O) groups excluding carboxylic acids is 1. The second kappa shape index (κ2) is 10.3. The molecule has 1 aromatic heterocycles. The minimum Gasteiger partial charge on any atom is -0.410 e. The summed E-state index contributed by atoms with van der Waals surface area (Å²) in [5, 5.41) is 1.16. The number of hydrogen-bond acceptors (Lipinski definition) is 4. The van der Waals surface area contributed by atoms with Gasteiger partial charge < -0.3 is 19.5 Å². The molecule has 6 nitrogen and oxygen atoms in total. The van der Waals surface area contributed by atoms with Gasteiger partial charge >= 0.3 is 6.09 Å². The summed E-state index contributed by atoms with van der Waals surface area (Å²) in [6.45, 7) is 7.23. The van der Waals surface area contributed by atoms with Crippen LogP contribution in [-0.2, 0) is 6.42 Å². The highest BCUT2D eigenvalue weighted by atomic mass is 16.6. The number of fused-ring (bicyclic) bond motifs is 1. The molecule has 33 heavy (non-hydrogen) atoms. The van der Waals surface area contributed by atoms with Crippen LogP contribution in [0.4, 0.5) is 10.5 Å². The number of aromatic amines is 1. The zero-order chi connectivity index (χ0) is 22.5. The maximum Gasteiger partial charge on any atom is 0.415 e. The summed E-state index contributed by atoms with van der Waals surface area (Å²) in [6, 6.07) is 16.6. The molecule has 0 bridgehead atoms. The molecule has 2 aromatic carbocycles. The predicted octanol–water partition coefficient (Wildman–Crippen LogP) is 4.91. The Morgan fingerprint density at radius 2 is 1.70 bits per heavy atom. The van der Waals surface area contributed by atoms with Crippen molar-refractivity contribution in [1.82, 2.24) is 14.8 Å². The van der Waals surface area contributed by atoms with Gasteiger partial charge in [-0.15, -0.1) is 0 Å². The Labute approximate surface area is 196 Å². The fraction of sp³-hybridized carbons (Fsp3) is 0.444. The molecule has 3 heterocycles. The Morgan fingerprint density at radius 1 is 0.909 bits per heavy atom. The van der Waals surface area contributed by atoms with E-state index < -0.39 is 0 Å². The van der Waals surface area contributed by atoms with Crippen molar-refractivity contribution in [3.05, 3.63) is 60.3 Å². The number of para-hydroxylation sites is 1. The molecule has 0 radical (unpaired) electrons. The summed E-state index contributed by atoms with van der Waals surface area (Å²) in [5.41, 5.74) is 3.74. The van der Waals surface area contributed by atoms with E-state index in [1.54, 1.807) is 4.90 Å². The summed E-state index contributed by atoms with van der Waals surface area (Å²) < 4.78 is 5.64. The van der Waals surface area contributed by atoms with Crippen LogP contribution in [0.3, 0.4) is 0 Å². The molecule has 1 amide bonds. The topological polar surface area (TPSA) is 51.8 Å². The molecule has 0 aliphatic carbocycles. The standard InChI is InChI=1S/C27H34N4O2/c32-27(31-14-6-7-15-31)33-24-11-12-26-25(20-24)22(21-28-26)8-4-5-13-29-16-18-30(19-17-29)23-9-2-1-3-10-23/h1-3,9-12,20-21,28H,4-8,13-19H2. The maximum atomic E-state index is 12.3. The largest absolute Gasteiger partial charge is 0.415 e. The van der Waals surface area contributed by atoms with Crippen LogP contribution in [-0.4, -0.2) is 66.7 Å². The fourth-order valence-electron chi connectivity index (χ4n) is 5.01. The third-order valence-electron chi connectivity index (χ3n) is 6.97. The van der Waals surface area contributed by atoms with Gasteiger partial charge in [0, 0.05) is 62.1 Å². The molecule has 2 saturated heterocycles. The summed E-state index contributed by atoms with van der Waals surface area (Å²) in [4.78, 5) is 22.6. The van der Waals surface area contributed by atoms with E-state index in [4.69, 9.17) is 4.74 Å². The smallest absolute Gasteiger partial charge is 0.410 e. The van der Waals surface area contributed by atoms with E-state index in [1.165, 1.54) is 17.7 Å². The second-order valence-corrected chi connectivity index (χ2v) is 9.20. The lowest BCUT2D eigenvalue weighted by atomic mass is 10.1. The molecule has 2 fully saturated rings. The first kappa shape index (κ1) is 21.8. The SMILES string of the molecule is O=C(Oc1ccc2[nH]cc(CCCCN3CCN(c4ccccc4)CC3)c2c1)N1CCCC1. The van der Waals surface area contributed by atoms with Crippen molar-refractivity contribution in [2.45, 2.75) is 32.1 Å². The number of aryl methyl sites for hydroxylation is 1. The zero-order valence-electron chi connectivity index (χ0n) is 19.3. The number of aromatic nitrogens is 1. The van der Waals surface area contributed by atoms with Crippen molar-refractivity contribution < 1.29 is 9.53 Å². The molecule has 2 aliphatic heterocycles. The molecule has 0 atom stereocenters. The van der Waals surface area contributed by atoms with Crippen LogP contribution >= 0.6 is 0 Å². The third kappa shape index (κ3) is 5.33. The number of benzene rings is 2. The summed E-state index contributed by atoms with van der Waals surface area (Å²) in [7, 11) is 0. The predicted molar refractivity (Wildman–Crippen MR) is 133 cm³/mol. The van der Waals surface area contributed by atoms with Gasteiger partial charge in [0.1, 0.15) is 5.75 Å². The van der Waals surface area contributed by atoms with E-state index >= 15 is 0 Å². The normalized spacial score (nSPS) is 17.1. The van der Waals surface area contributed by atoms with Gasteiger partial charge in [-0.25, -0.2) is 4.79 Å². The number of carbonyl (C=O) groups is 1. The lowest BCUT2D eigenvalue weighted by Crippen LogP contribution is -2.46. The maximum absolute atomic E-state index is 12.3. The van der Waals surface area contributed by atoms with Crippen LogP contribution in [0.2, 0.25) is 0 Å². The molecule has 3 aromatic rings. The Kier molecular flexibility index (Phi) is 6.81. The van der Waals surface area contributed by atoms with Crippen LogP contribution < -0.4 is 9.64 Å². The number of ether oxygens (including phenoxy) is 1. The van der Waals surface area contributed by atoms with Crippen LogP contribution in [0.5, 0.6) is 5.75 Å². The number of anilines is 1. The molecule has 0 saturated carbocycles. The highest BCUT2D eigenvalue weighted by Gasteiger charge is 2.20. The lowest BCUT2D eigenvalue weighted by molar-refractivity contribution is 0.163. The molecule has 0 spiro atoms. The van der Waals surface area contributed by atoms with Crippen LogP contribution in [0.15, 0.2) is 54.7 Å². The van der Waals surface area contributed by atoms with Gasteiger partial charge in [0.2, 0.25) is 0 Å². The van der Waals surface area contributed by atoms with E-state index in [0.29, 0.717) is 5.75 Å². The van der Waals surface area contributed by atoms with Crippen LogP contribution in [0.1, 0.15) is 31.2 Å². The Morgan fingerprint density at radius 3 is 2.48 bits per heavy atom. The number of unbranched alkanes of at least 4 members (excludes halogenated alkanes) is 1. The molecular weight excluding hydrogens is 412 g/mol. The van der Waals surface area contributed by atoms with Crippen molar-refractivity contribution >= 4 is 22.7 Å². The van der Waals surface area contributed by atoms with Crippen molar-refractivity contribution in [2.24, 2.45) is 0 Å². The summed E-state index contributed by atoms with van der Waals surface area (Å²) >= 11 is 0. The first-order chi connectivity index (χ1) is 16.3. The molecule has 5 rings (SSSR count). The van der Waals surface area contributed by atoms with Gasteiger partial charge in [0.25, 0.3) is 0 Å². The van der Waals surface area contributed by atoms with Crippen LogP contribution in [0, 0.1) is 0 Å². The molecule has 2 aliphatic rings. The summed E-state index contributed by atoms with van der Waals surface area (Å²) in [5.74, 6) is 0.636. The lowest BCUT2D eigenvalue weighted by Gasteiger charge is -2.36. The van der Waals surface area contributed by atoms with Crippen molar-refractivity contribution in [3.8, 4) is 5.75 Å². The minimum atomic E-state index is -0.226. The molecular formula is C27H34N4O2. The van der Waals surface area contributed by atoms with E-state index in [2.05, 4.69) is 51.3 Å². The second-order valence-electron chi connectivity index (χ2n) is 9.20. The molecule has 6 heteroatoms. The van der Waals surface area contributed by atoms with Crippen molar-refractivity contribution in [2.75, 3.05) is 50.7 Å². The number of hydrogen-bond donors (Lipinski definition) is 1. The monoisotopic (exact) mass is 446 g/mol.